The molecule has 2 atom stereocenters. The number of rotatable bonds is 67. The fraction of sp³-hybridized carbons (Fsp3) is 0.838. The molecule has 0 aliphatic carbocycles. The second kappa shape index (κ2) is 65.2. The summed E-state index contributed by atoms with van der Waals surface area (Å²) in [4.78, 5) is 35.9. The number of carbonyl (C=O) groups is 2. The highest BCUT2D eigenvalue weighted by Gasteiger charge is 2.27. The summed E-state index contributed by atoms with van der Waals surface area (Å²) >= 11 is 0. The zero-order chi connectivity index (χ0) is 61.2. The fourth-order valence-electron chi connectivity index (χ4n) is 10.6. The maximum atomic E-state index is 12.9. The lowest BCUT2D eigenvalue weighted by Gasteiger charge is -2.24. The predicted octanol–water partition coefficient (Wildman–Crippen LogP) is 23.4. The van der Waals surface area contributed by atoms with Crippen LogP contribution >= 0.6 is 7.82 Å². The van der Waals surface area contributed by atoms with Crippen molar-refractivity contribution >= 4 is 19.8 Å². The van der Waals surface area contributed by atoms with Crippen molar-refractivity contribution in [2.75, 3.05) is 47.5 Å². The van der Waals surface area contributed by atoms with E-state index in [4.69, 9.17) is 18.5 Å². The smallest absolute Gasteiger partial charge is 0.462 e. The molecule has 2 unspecified atom stereocenters. The Morgan fingerprint density at radius 2 is 0.679 bits per heavy atom. The Morgan fingerprint density at radius 3 is 1.01 bits per heavy atom. The van der Waals surface area contributed by atoms with Gasteiger partial charge in [0.05, 0.1) is 27.7 Å². The van der Waals surface area contributed by atoms with Crippen LogP contribution in [0.3, 0.4) is 0 Å². The van der Waals surface area contributed by atoms with Crippen LogP contribution in [0.1, 0.15) is 348 Å². The van der Waals surface area contributed by atoms with Gasteiger partial charge in [-0.25, -0.2) is 4.57 Å². The molecule has 0 saturated heterocycles. The van der Waals surface area contributed by atoms with Gasteiger partial charge < -0.3 is 18.9 Å². The third-order valence-corrected chi connectivity index (χ3v) is 17.0. The van der Waals surface area contributed by atoms with Gasteiger partial charge in [0.2, 0.25) is 0 Å². The molecular formula is C74H139NO8P+. The minimum atomic E-state index is -4.39. The monoisotopic (exact) mass is 1200 g/mol. The average molecular weight is 1200 g/mol. The van der Waals surface area contributed by atoms with E-state index in [0.29, 0.717) is 23.9 Å². The maximum absolute atomic E-state index is 12.9. The molecule has 0 spiro atoms. The first-order chi connectivity index (χ1) is 41.0. The van der Waals surface area contributed by atoms with Gasteiger partial charge in [0, 0.05) is 12.8 Å². The van der Waals surface area contributed by atoms with Crippen LogP contribution in [-0.4, -0.2) is 74.9 Å². The lowest BCUT2D eigenvalue weighted by molar-refractivity contribution is -0.870. The summed E-state index contributed by atoms with van der Waals surface area (Å²) < 4.78 is 34.7. The molecule has 492 valence electrons. The molecule has 0 aromatic rings. The van der Waals surface area contributed by atoms with E-state index in [1.54, 1.807) is 0 Å². The summed E-state index contributed by atoms with van der Waals surface area (Å²) in [5.41, 5.74) is 0. The van der Waals surface area contributed by atoms with Gasteiger partial charge in [-0.05, 0) is 57.8 Å². The van der Waals surface area contributed by atoms with Gasteiger partial charge in [-0.1, -0.05) is 338 Å². The molecule has 0 radical (unpaired) electrons. The van der Waals surface area contributed by atoms with Crippen molar-refractivity contribution in [2.45, 2.75) is 354 Å². The van der Waals surface area contributed by atoms with E-state index in [2.05, 4.69) is 74.6 Å². The molecule has 84 heavy (non-hydrogen) atoms. The average Bonchev–Trinajstić information content (AvgIpc) is 3.60. The highest BCUT2D eigenvalue weighted by atomic mass is 31.2. The molecule has 0 bridgehead atoms. The third kappa shape index (κ3) is 68.8. The van der Waals surface area contributed by atoms with Gasteiger partial charge >= 0.3 is 19.8 Å². The molecule has 0 aliphatic heterocycles. The number of quaternary nitrogens is 1. The van der Waals surface area contributed by atoms with Crippen LogP contribution in [0.25, 0.3) is 0 Å². The first-order valence-electron chi connectivity index (χ1n) is 36.0. The van der Waals surface area contributed by atoms with E-state index < -0.39 is 26.5 Å². The summed E-state index contributed by atoms with van der Waals surface area (Å²) in [7, 11) is 1.48. The molecule has 0 aromatic carbocycles. The summed E-state index contributed by atoms with van der Waals surface area (Å²) in [6, 6.07) is 0. The number of unbranched alkanes of at least 4 members (excludes halogenated alkanes) is 43. The number of hydrogen-bond acceptors (Lipinski definition) is 7. The molecule has 0 aliphatic rings. The number of hydrogen-bond donors (Lipinski definition) is 1. The summed E-state index contributed by atoms with van der Waals surface area (Å²) in [5.74, 6) is -0.790. The second-order valence-electron chi connectivity index (χ2n) is 25.6. The minimum absolute atomic E-state index is 0.0300. The molecule has 0 saturated carbocycles. The van der Waals surface area contributed by atoms with Crippen LogP contribution in [0.15, 0.2) is 60.8 Å². The quantitative estimate of drug-likeness (QED) is 0.0211. The van der Waals surface area contributed by atoms with E-state index in [1.807, 2.05) is 21.1 Å². The SMILES string of the molecule is CC/C=C\C/C=C\C/C=C\C/C=C\C/C=C\CCCCCCCCCCCC(=O)OC(COC(=O)CCCCCCCCCCCCCCCCCCCCCCCCCCCCCCCCCCCCC)COP(=O)(O)OCC[N+](C)(C)C. The van der Waals surface area contributed by atoms with Gasteiger partial charge in [0.25, 0.3) is 0 Å². The minimum Gasteiger partial charge on any atom is -0.462 e. The van der Waals surface area contributed by atoms with Crippen molar-refractivity contribution in [3.05, 3.63) is 60.8 Å². The van der Waals surface area contributed by atoms with Crippen molar-refractivity contribution in [3.63, 3.8) is 0 Å². The summed E-state index contributed by atoms with van der Waals surface area (Å²) in [6.07, 6.45) is 86.3. The zero-order valence-electron chi connectivity index (χ0n) is 56.1. The molecule has 0 amide bonds. The van der Waals surface area contributed by atoms with E-state index in [9.17, 15) is 19.0 Å². The van der Waals surface area contributed by atoms with Crippen LogP contribution < -0.4 is 0 Å². The Balaban J connectivity index is 3.97. The van der Waals surface area contributed by atoms with Gasteiger partial charge in [0.15, 0.2) is 6.10 Å². The lowest BCUT2D eigenvalue weighted by Crippen LogP contribution is -2.37. The van der Waals surface area contributed by atoms with Crippen LogP contribution in [0.2, 0.25) is 0 Å². The molecule has 1 N–H and O–H groups in total. The Hall–Kier alpha value is -2.29. The van der Waals surface area contributed by atoms with Gasteiger partial charge in [-0.15, -0.1) is 0 Å². The number of allylic oxidation sites excluding steroid dienone is 10. The van der Waals surface area contributed by atoms with Crippen LogP contribution in [0.4, 0.5) is 0 Å². The number of phosphoric acid groups is 1. The number of ether oxygens (including phenoxy) is 2. The molecule has 0 fully saturated rings. The van der Waals surface area contributed by atoms with Gasteiger partial charge in [-0.2, -0.15) is 0 Å². The first kappa shape index (κ1) is 81.7. The molecule has 10 heteroatoms. The Labute approximate surface area is 521 Å². The van der Waals surface area contributed by atoms with Crippen molar-refractivity contribution in [1.82, 2.24) is 0 Å². The van der Waals surface area contributed by atoms with E-state index in [-0.39, 0.29) is 25.6 Å². The lowest BCUT2D eigenvalue weighted by atomic mass is 10.0. The van der Waals surface area contributed by atoms with Crippen molar-refractivity contribution in [3.8, 4) is 0 Å². The van der Waals surface area contributed by atoms with E-state index in [1.165, 1.54) is 238 Å². The highest BCUT2D eigenvalue weighted by Crippen LogP contribution is 2.43. The number of likely N-dealkylation sites (N-methyl/N-ethyl adjacent to an activating group) is 1. The number of esters is 2. The van der Waals surface area contributed by atoms with Crippen LogP contribution in [0.5, 0.6) is 0 Å². The highest BCUT2D eigenvalue weighted by molar-refractivity contribution is 7.47. The summed E-state index contributed by atoms with van der Waals surface area (Å²) in [5, 5.41) is 0. The van der Waals surface area contributed by atoms with Crippen molar-refractivity contribution in [1.29, 1.82) is 0 Å². The number of carbonyl (C=O) groups excluding carboxylic acids is 2. The summed E-state index contributed by atoms with van der Waals surface area (Å²) in [6.45, 7) is 4.37. The van der Waals surface area contributed by atoms with Crippen molar-refractivity contribution in [2.24, 2.45) is 0 Å². The third-order valence-electron chi connectivity index (χ3n) is 16.1. The van der Waals surface area contributed by atoms with E-state index >= 15 is 0 Å². The standard InChI is InChI=1S/C74H138NO8P/c1-6-8-10-12-14-16-18-20-22-24-26-28-30-32-33-34-35-36-37-38-39-40-41-43-44-46-48-50-52-54-56-58-60-62-64-66-73(76)80-70-72(71-82-84(78,79)81-69-68-75(3,4)5)83-74(77)67-65-63-61-59-57-55-53-51-49-47-45-42-31-29-27-25-23-21-19-17-15-13-11-9-7-2/h9,11,15,17,21,23,27,29,42,45,72H,6-8,10,12-14,16,18-20,22,24-26,28,30-41,43-44,46-71H2,1-5H3/p+1/b11-9-,17-15-,23-21-,29-27-,45-42-. The molecule has 0 rings (SSSR count). The topological polar surface area (TPSA) is 108 Å². The zero-order valence-corrected chi connectivity index (χ0v) is 57.0. The van der Waals surface area contributed by atoms with Crippen LogP contribution in [-0.2, 0) is 32.7 Å². The fourth-order valence-corrected chi connectivity index (χ4v) is 11.3. The molecule has 0 aromatic heterocycles. The second-order valence-corrected chi connectivity index (χ2v) is 27.1. The number of phosphoric ester groups is 1. The Morgan fingerprint density at radius 1 is 0.381 bits per heavy atom. The number of nitrogens with zero attached hydrogens (tertiary/aromatic N) is 1. The Kier molecular flexibility index (Phi) is 63.4. The van der Waals surface area contributed by atoms with E-state index in [0.717, 1.165) is 77.0 Å². The largest absolute Gasteiger partial charge is 0.472 e. The molecule has 0 heterocycles. The van der Waals surface area contributed by atoms with Gasteiger partial charge in [0.1, 0.15) is 19.8 Å². The maximum Gasteiger partial charge on any atom is 0.472 e. The predicted molar refractivity (Wildman–Crippen MR) is 363 cm³/mol. The molecular weight excluding hydrogens is 1060 g/mol. The first-order valence-corrected chi connectivity index (χ1v) is 37.5. The normalized spacial score (nSPS) is 13.5. The Bertz CT molecular complexity index is 1600. The van der Waals surface area contributed by atoms with Crippen LogP contribution in [0, 0.1) is 0 Å². The molecule has 9 nitrogen and oxygen atoms in total. The van der Waals surface area contributed by atoms with Gasteiger partial charge in [-0.3, -0.25) is 18.6 Å². The van der Waals surface area contributed by atoms with Crippen molar-refractivity contribution < 1.29 is 42.1 Å².